The van der Waals surface area contributed by atoms with Crippen LogP contribution in [0.15, 0.2) is 71.3 Å². The number of halogens is 3. The van der Waals surface area contributed by atoms with Crippen molar-refractivity contribution >= 4 is 55.4 Å². The van der Waals surface area contributed by atoms with E-state index in [-0.39, 0.29) is 34.0 Å². The predicted octanol–water partition coefficient (Wildman–Crippen LogP) is 6.39. The van der Waals surface area contributed by atoms with Gasteiger partial charge in [0.1, 0.15) is 28.8 Å². The van der Waals surface area contributed by atoms with Crippen LogP contribution >= 0.6 is 11.6 Å². The van der Waals surface area contributed by atoms with Crippen molar-refractivity contribution in [2.24, 2.45) is 0 Å². The van der Waals surface area contributed by atoms with Crippen LogP contribution in [0.4, 0.5) is 14.5 Å². The van der Waals surface area contributed by atoms with E-state index >= 15 is 4.39 Å². The Labute approximate surface area is 249 Å². The average molecular weight is 622 g/mol. The number of nitrogens with one attached hydrogen (secondary N) is 2. The Hall–Kier alpha value is -4.81. The number of hydrogen-bond acceptors (Lipinski definition) is 6. The van der Waals surface area contributed by atoms with Crippen molar-refractivity contribution in [1.29, 1.82) is 0 Å². The van der Waals surface area contributed by atoms with Gasteiger partial charge in [-0.25, -0.2) is 27.2 Å². The van der Waals surface area contributed by atoms with Crippen molar-refractivity contribution in [1.82, 2.24) is 20.3 Å². The van der Waals surface area contributed by atoms with Gasteiger partial charge in [-0.05, 0) is 54.1 Å². The topological polar surface area (TPSA) is 121 Å². The third-order valence-electron chi connectivity index (χ3n) is 7.04. The van der Waals surface area contributed by atoms with Crippen molar-refractivity contribution in [2.75, 3.05) is 24.7 Å². The third-order valence-corrected chi connectivity index (χ3v) is 8.44. The number of benzene rings is 3. The minimum Gasteiger partial charge on any atom is -0.455 e. The number of carbonyl (C=O) groups excluding carboxylic acids is 1. The van der Waals surface area contributed by atoms with E-state index in [4.69, 9.17) is 16.0 Å². The summed E-state index contributed by atoms with van der Waals surface area (Å²) in [5.41, 5.74) is 2.80. The van der Waals surface area contributed by atoms with Gasteiger partial charge in [-0.1, -0.05) is 17.7 Å². The molecule has 0 unspecified atom stereocenters. The number of aromatic nitrogens is 3. The molecule has 0 fully saturated rings. The Morgan fingerprint density at radius 2 is 1.74 bits per heavy atom. The standard InChI is InChI=1S/C30H22ClF2N5O4S/c1-34-30(39)26-21-12-19(16-6-9-22(33)20(10-16)28-36-23-11-17(31)14-35-29(23)37-28)24(38(2)43(3,40)41)13-25(21)42-27(26)15-4-7-18(32)8-5-15/h4-14H,1-3H3,(H,34,39)(H,35,36,37). The van der Waals surface area contributed by atoms with Crippen LogP contribution in [0.25, 0.3) is 56.0 Å². The maximum absolute atomic E-state index is 15.2. The first-order valence-electron chi connectivity index (χ1n) is 12.8. The van der Waals surface area contributed by atoms with Gasteiger partial charge in [0.2, 0.25) is 10.0 Å². The number of amides is 1. The van der Waals surface area contributed by atoms with Crippen molar-refractivity contribution < 1.29 is 26.4 Å². The van der Waals surface area contributed by atoms with Crippen molar-refractivity contribution in [3.8, 4) is 33.8 Å². The number of pyridine rings is 1. The van der Waals surface area contributed by atoms with E-state index in [1.807, 2.05) is 0 Å². The summed E-state index contributed by atoms with van der Waals surface area (Å²) in [7, 11) is -0.931. The van der Waals surface area contributed by atoms with Crippen molar-refractivity contribution in [3.05, 3.63) is 89.1 Å². The van der Waals surface area contributed by atoms with E-state index in [1.54, 1.807) is 12.1 Å². The molecule has 13 heteroatoms. The SMILES string of the molecule is CNC(=O)c1c(-c2ccc(F)cc2)oc2cc(N(C)S(C)(=O)=O)c(-c3ccc(F)c(-c4nc5ncc(Cl)cc5[nH]4)c3)cc12. The normalized spacial score (nSPS) is 11.8. The number of rotatable bonds is 6. The molecule has 0 atom stereocenters. The minimum absolute atomic E-state index is 0.102. The molecule has 6 rings (SSSR count). The maximum atomic E-state index is 15.2. The molecular weight excluding hydrogens is 600 g/mol. The summed E-state index contributed by atoms with van der Waals surface area (Å²) in [4.78, 5) is 24.7. The molecule has 0 aliphatic carbocycles. The van der Waals surface area contributed by atoms with Gasteiger partial charge in [0.25, 0.3) is 5.91 Å². The lowest BCUT2D eigenvalue weighted by Crippen LogP contribution is -2.25. The highest BCUT2D eigenvalue weighted by Crippen LogP contribution is 2.42. The molecule has 6 aromatic rings. The second-order valence-corrected chi connectivity index (χ2v) is 12.2. The predicted molar refractivity (Wildman–Crippen MR) is 162 cm³/mol. The van der Waals surface area contributed by atoms with Crippen LogP contribution in [0.1, 0.15) is 10.4 Å². The molecule has 3 aromatic carbocycles. The molecule has 218 valence electrons. The Kier molecular flexibility index (Phi) is 6.90. The fraction of sp³-hybridized carbons (Fsp3) is 0.100. The van der Waals surface area contributed by atoms with E-state index in [1.165, 1.54) is 68.8 Å². The van der Waals surface area contributed by atoms with Crippen molar-refractivity contribution in [2.45, 2.75) is 0 Å². The van der Waals surface area contributed by atoms with Crippen LogP contribution in [0.5, 0.6) is 0 Å². The Bertz CT molecular complexity index is 2180. The molecule has 3 aromatic heterocycles. The third kappa shape index (κ3) is 5.08. The molecule has 0 radical (unpaired) electrons. The number of carbonyl (C=O) groups is 1. The highest BCUT2D eigenvalue weighted by Gasteiger charge is 2.26. The number of furan rings is 1. The molecule has 0 aliphatic rings. The summed E-state index contributed by atoms with van der Waals surface area (Å²) in [5.74, 6) is -1.15. The fourth-order valence-corrected chi connectivity index (χ4v) is 5.50. The number of aromatic amines is 1. The Morgan fingerprint density at radius 1 is 1.02 bits per heavy atom. The first-order valence-corrected chi connectivity index (χ1v) is 15.0. The lowest BCUT2D eigenvalue weighted by molar-refractivity contribution is 0.0964. The average Bonchev–Trinajstić information content (AvgIpc) is 3.56. The van der Waals surface area contributed by atoms with Crippen molar-refractivity contribution in [3.63, 3.8) is 0 Å². The summed E-state index contributed by atoms with van der Waals surface area (Å²) in [5, 5.41) is 3.35. The van der Waals surface area contributed by atoms with Crippen LogP contribution in [0, 0.1) is 11.6 Å². The molecule has 1 amide bonds. The quantitative estimate of drug-likeness (QED) is 0.222. The number of H-pyrrole nitrogens is 1. The summed E-state index contributed by atoms with van der Waals surface area (Å²) >= 11 is 6.04. The van der Waals surface area contributed by atoms with Crippen LogP contribution in [-0.2, 0) is 10.0 Å². The Balaban J connectivity index is 1.62. The van der Waals surface area contributed by atoms with Crippen LogP contribution in [0.2, 0.25) is 5.02 Å². The number of sulfonamides is 1. The summed E-state index contributed by atoms with van der Waals surface area (Å²) < 4.78 is 61.5. The van der Waals surface area contributed by atoms with E-state index in [9.17, 15) is 17.6 Å². The number of hydrogen-bond donors (Lipinski definition) is 2. The lowest BCUT2D eigenvalue weighted by atomic mass is 9.97. The fourth-order valence-electron chi connectivity index (χ4n) is 4.83. The summed E-state index contributed by atoms with van der Waals surface area (Å²) in [6, 6.07) is 14.4. The Morgan fingerprint density at radius 3 is 2.44 bits per heavy atom. The van der Waals surface area contributed by atoms with Crippen LogP contribution < -0.4 is 9.62 Å². The molecule has 9 nitrogen and oxygen atoms in total. The molecule has 0 saturated heterocycles. The van der Waals surface area contributed by atoms with Crippen LogP contribution in [0.3, 0.4) is 0 Å². The van der Waals surface area contributed by atoms with Gasteiger partial charge < -0.3 is 14.7 Å². The second kappa shape index (κ2) is 10.5. The molecule has 0 spiro atoms. The second-order valence-electron chi connectivity index (χ2n) is 9.79. The zero-order chi connectivity index (χ0) is 30.6. The highest BCUT2D eigenvalue weighted by atomic mass is 35.5. The van der Waals surface area contributed by atoms with E-state index in [0.29, 0.717) is 38.3 Å². The molecule has 2 N–H and O–H groups in total. The molecule has 0 bridgehead atoms. The molecule has 3 heterocycles. The number of anilines is 1. The van der Waals surface area contributed by atoms with Gasteiger partial charge in [0.15, 0.2) is 5.65 Å². The first kappa shape index (κ1) is 28.3. The molecule has 43 heavy (non-hydrogen) atoms. The summed E-state index contributed by atoms with van der Waals surface area (Å²) in [6.07, 6.45) is 2.48. The zero-order valence-corrected chi connectivity index (χ0v) is 24.4. The number of imidazole rings is 1. The minimum atomic E-state index is -3.77. The monoisotopic (exact) mass is 621 g/mol. The molecule has 0 saturated carbocycles. The van der Waals surface area contributed by atoms with Gasteiger partial charge >= 0.3 is 0 Å². The summed E-state index contributed by atoms with van der Waals surface area (Å²) in [6.45, 7) is 0. The number of fused-ring (bicyclic) bond motifs is 2. The van der Waals surface area contributed by atoms with Crippen LogP contribution in [-0.4, -0.2) is 49.6 Å². The van der Waals surface area contributed by atoms with Gasteiger partial charge in [-0.2, -0.15) is 0 Å². The van der Waals surface area contributed by atoms with Gasteiger partial charge in [0.05, 0.1) is 33.6 Å². The first-order chi connectivity index (χ1) is 20.4. The number of nitrogens with zero attached hydrogens (tertiary/aromatic N) is 3. The maximum Gasteiger partial charge on any atom is 0.255 e. The largest absolute Gasteiger partial charge is 0.455 e. The van der Waals surface area contributed by atoms with Gasteiger partial charge in [0, 0.05) is 42.9 Å². The molecular formula is C30H22ClF2N5O4S. The van der Waals surface area contributed by atoms with E-state index < -0.39 is 27.6 Å². The lowest BCUT2D eigenvalue weighted by Gasteiger charge is -2.21. The highest BCUT2D eigenvalue weighted by molar-refractivity contribution is 7.92. The van der Waals surface area contributed by atoms with Gasteiger partial charge in [-0.3, -0.25) is 9.10 Å². The zero-order valence-electron chi connectivity index (χ0n) is 22.9. The van der Waals surface area contributed by atoms with E-state index in [2.05, 4.69) is 20.3 Å². The molecule has 0 aliphatic heterocycles. The van der Waals surface area contributed by atoms with Gasteiger partial charge in [-0.15, -0.1) is 0 Å². The smallest absolute Gasteiger partial charge is 0.255 e. The van der Waals surface area contributed by atoms with E-state index in [0.717, 1.165) is 10.6 Å².